The Bertz CT molecular complexity index is 396. The number of fused-ring (bicyclic) bond motifs is 1. The van der Waals surface area contributed by atoms with Crippen LogP contribution in [-0.4, -0.2) is 26.7 Å². The maximum atomic E-state index is 3.22. The van der Waals surface area contributed by atoms with Gasteiger partial charge in [0.15, 0.2) is 0 Å². The van der Waals surface area contributed by atoms with Crippen molar-refractivity contribution < 1.29 is 0 Å². The van der Waals surface area contributed by atoms with E-state index in [1.807, 2.05) is 7.05 Å². The van der Waals surface area contributed by atoms with Crippen LogP contribution in [0.4, 0.5) is 5.69 Å². The number of hydrogen-bond acceptors (Lipinski definition) is 2. The first kappa shape index (κ1) is 11.1. The molecular formula is C15H22N2. The first-order valence-corrected chi connectivity index (χ1v) is 6.88. The third-order valence-electron chi connectivity index (χ3n) is 3.97. The predicted octanol–water partition coefficient (Wildman–Crippen LogP) is 2.22. The Hall–Kier alpha value is -1.02. The Balaban J connectivity index is 1.71. The molecule has 0 bridgehead atoms. The van der Waals surface area contributed by atoms with Crippen LogP contribution in [0.25, 0.3) is 0 Å². The van der Waals surface area contributed by atoms with Crippen LogP contribution in [0.5, 0.6) is 0 Å². The van der Waals surface area contributed by atoms with Gasteiger partial charge in [-0.1, -0.05) is 12.1 Å². The van der Waals surface area contributed by atoms with Gasteiger partial charge in [-0.15, -0.1) is 0 Å². The summed E-state index contributed by atoms with van der Waals surface area (Å²) in [7, 11) is 2.02. The second kappa shape index (κ2) is 4.69. The molecule has 1 fully saturated rings. The van der Waals surface area contributed by atoms with Crippen molar-refractivity contribution in [3.8, 4) is 0 Å². The molecule has 2 nitrogen and oxygen atoms in total. The molecule has 17 heavy (non-hydrogen) atoms. The van der Waals surface area contributed by atoms with Gasteiger partial charge in [0.1, 0.15) is 0 Å². The van der Waals surface area contributed by atoms with E-state index in [2.05, 4.69) is 28.4 Å². The summed E-state index contributed by atoms with van der Waals surface area (Å²) >= 11 is 0. The molecule has 92 valence electrons. The van der Waals surface area contributed by atoms with Gasteiger partial charge in [0, 0.05) is 18.8 Å². The van der Waals surface area contributed by atoms with E-state index in [4.69, 9.17) is 0 Å². The quantitative estimate of drug-likeness (QED) is 0.834. The van der Waals surface area contributed by atoms with E-state index in [9.17, 15) is 0 Å². The smallest absolute Gasteiger partial charge is 0.0399 e. The monoisotopic (exact) mass is 230 g/mol. The summed E-state index contributed by atoms with van der Waals surface area (Å²) in [6.07, 6.45) is 5.29. The summed E-state index contributed by atoms with van der Waals surface area (Å²) in [5, 5.41) is 3.22. The van der Waals surface area contributed by atoms with E-state index in [0.717, 1.165) is 18.9 Å². The zero-order chi connectivity index (χ0) is 11.7. The molecule has 0 atom stereocenters. The highest BCUT2D eigenvalue weighted by Gasteiger charge is 2.27. The summed E-state index contributed by atoms with van der Waals surface area (Å²) in [5.74, 6) is 0.991. The second-order valence-electron chi connectivity index (χ2n) is 5.46. The SMILES string of the molecule is CNCCc1ccc2c(c1)CCN2CC1CC1. The fraction of sp³-hybridized carbons (Fsp3) is 0.600. The summed E-state index contributed by atoms with van der Waals surface area (Å²) < 4.78 is 0. The van der Waals surface area contributed by atoms with Crippen LogP contribution in [-0.2, 0) is 12.8 Å². The number of anilines is 1. The molecular weight excluding hydrogens is 208 g/mol. The Morgan fingerprint density at radius 1 is 1.35 bits per heavy atom. The summed E-state index contributed by atoms with van der Waals surface area (Å²) in [4.78, 5) is 2.59. The first-order chi connectivity index (χ1) is 8.36. The minimum Gasteiger partial charge on any atom is -0.371 e. The molecule has 2 heteroatoms. The number of nitrogens with one attached hydrogen (secondary N) is 1. The van der Waals surface area contributed by atoms with Crippen molar-refractivity contribution in [1.29, 1.82) is 0 Å². The second-order valence-corrected chi connectivity index (χ2v) is 5.46. The molecule has 0 aromatic heterocycles. The van der Waals surface area contributed by atoms with E-state index < -0.39 is 0 Å². The van der Waals surface area contributed by atoms with Crippen molar-refractivity contribution in [3.05, 3.63) is 29.3 Å². The lowest BCUT2D eigenvalue weighted by Gasteiger charge is -2.19. The zero-order valence-corrected chi connectivity index (χ0v) is 10.7. The Labute approximate surface area is 104 Å². The Kier molecular flexibility index (Phi) is 3.06. The first-order valence-electron chi connectivity index (χ1n) is 6.88. The standard InChI is InChI=1S/C15H22N2/c1-16-8-6-12-4-5-15-14(10-12)7-9-17(15)11-13-2-3-13/h4-5,10,13,16H,2-3,6-9,11H2,1H3. The molecule has 1 saturated carbocycles. The number of hydrogen-bond donors (Lipinski definition) is 1. The largest absolute Gasteiger partial charge is 0.371 e. The molecule has 0 radical (unpaired) electrons. The molecule has 0 saturated heterocycles. The van der Waals surface area contributed by atoms with Crippen molar-refractivity contribution in [3.63, 3.8) is 0 Å². The summed E-state index contributed by atoms with van der Waals surface area (Å²) in [5.41, 5.74) is 4.55. The van der Waals surface area contributed by atoms with E-state index >= 15 is 0 Å². The molecule has 1 aromatic rings. The highest BCUT2D eigenvalue weighted by Crippen LogP contribution is 2.35. The number of rotatable bonds is 5. The lowest BCUT2D eigenvalue weighted by atomic mass is 10.1. The van der Waals surface area contributed by atoms with E-state index in [-0.39, 0.29) is 0 Å². The average Bonchev–Trinajstić information content (AvgIpc) is 3.08. The molecule has 2 aliphatic rings. The van der Waals surface area contributed by atoms with E-state index in [1.54, 1.807) is 5.56 Å². The molecule has 0 amide bonds. The molecule has 0 unspecified atom stereocenters. The van der Waals surface area contributed by atoms with Gasteiger partial charge in [-0.25, -0.2) is 0 Å². The van der Waals surface area contributed by atoms with Crippen LogP contribution in [0, 0.1) is 5.92 Å². The van der Waals surface area contributed by atoms with Gasteiger partial charge in [-0.05, 0) is 62.4 Å². The van der Waals surface area contributed by atoms with Crippen molar-refractivity contribution in [2.45, 2.75) is 25.7 Å². The normalized spacial score (nSPS) is 18.5. The van der Waals surface area contributed by atoms with Gasteiger partial charge in [0.25, 0.3) is 0 Å². The fourth-order valence-electron chi connectivity index (χ4n) is 2.75. The van der Waals surface area contributed by atoms with E-state index in [0.29, 0.717) is 0 Å². The third kappa shape index (κ3) is 2.47. The lowest BCUT2D eigenvalue weighted by Crippen LogP contribution is -2.22. The molecule has 1 aliphatic carbocycles. The third-order valence-corrected chi connectivity index (χ3v) is 3.97. The van der Waals surface area contributed by atoms with Crippen molar-refractivity contribution in [1.82, 2.24) is 5.32 Å². The predicted molar refractivity (Wildman–Crippen MR) is 72.7 cm³/mol. The van der Waals surface area contributed by atoms with Crippen LogP contribution < -0.4 is 10.2 Å². The number of likely N-dealkylation sites (N-methyl/N-ethyl adjacent to an activating group) is 1. The Morgan fingerprint density at radius 3 is 3.00 bits per heavy atom. The van der Waals surface area contributed by atoms with Crippen LogP contribution in [0.2, 0.25) is 0 Å². The van der Waals surface area contributed by atoms with Crippen LogP contribution in [0.15, 0.2) is 18.2 Å². The minimum atomic E-state index is 0.991. The van der Waals surface area contributed by atoms with Gasteiger partial charge < -0.3 is 10.2 Å². The van der Waals surface area contributed by atoms with Crippen LogP contribution in [0.1, 0.15) is 24.0 Å². The minimum absolute atomic E-state index is 0.991. The van der Waals surface area contributed by atoms with Gasteiger partial charge >= 0.3 is 0 Å². The maximum absolute atomic E-state index is 3.22. The molecule has 1 heterocycles. The number of benzene rings is 1. The number of nitrogens with zero attached hydrogens (tertiary/aromatic N) is 1. The van der Waals surface area contributed by atoms with Crippen LogP contribution >= 0.6 is 0 Å². The van der Waals surface area contributed by atoms with Gasteiger partial charge in [-0.3, -0.25) is 0 Å². The zero-order valence-electron chi connectivity index (χ0n) is 10.7. The van der Waals surface area contributed by atoms with Crippen LogP contribution in [0.3, 0.4) is 0 Å². The van der Waals surface area contributed by atoms with Crippen molar-refractivity contribution >= 4 is 5.69 Å². The van der Waals surface area contributed by atoms with Gasteiger partial charge in [-0.2, -0.15) is 0 Å². The average molecular weight is 230 g/mol. The molecule has 3 rings (SSSR count). The lowest BCUT2D eigenvalue weighted by molar-refractivity contribution is 0.747. The molecule has 1 N–H and O–H groups in total. The highest BCUT2D eigenvalue weighted by molar-refractivity contribution is 5.59. The van der Waals surface area contributed by atoms with Crippen molar-refractivity contribution in [2.24, 2.45) is 5.92 Å². The molecule has 1 aliphatic heterocycles. The van der Waals surface area contributed by atoms with Gasteiger partial charge in [0.05, 0.1) is 0 Å². The topological polar surface area (TPSA) is 15.3 Å². The van der Waals surface area contributed by atoms with Crippen molar-refractivity contribution in [2.75, 3.05) is 31.6 Å². The fourth-order valence-corrected chi connectivity index (χ4v) is 2.75. The maximum Gasteiger partial charge on any atom is 0.0399 e. The highest BCUT2D eigenvalue weighted by atomic mass is 15.2. The molecule has 1 aromatic carbocycles. The Morgan fingerprint density at radius 2 is 2.24 bits per heavy atom. The summed E-state index contributed by atoms with van der Waals surface area (Å²) in [6, 6.07) is 7.07. The van der Waals surface area contributed by atoms with Gasteiger partial charge in [0.2, 0.25) is 0 Å². The van der Waals surface area contributed by atoms with E-state index in [1.165, 1.54) is 43.6 Å². The summed E-state index contributed by atoms with van der Waals surface area (Å²) in [6.45, 7) is 3.61. The molecule has 0 spiro atoms.